The van der Waals surface area contributed by atoms with E-state index in [-0.39, 0.29) is 54.4 Å². The van der Waals surface area contributed by atoms with Crippen molar-refractivity contribution in [1.82, 2.24) is 20.2 Å². The summed E-state index contributed by atoms with van der Waals surface area (Å²) in [5.74, 6) is -0.345. The molecule has 0 aromatic heterocycles. The van der Waals surface area contributed by atoms with Gasteiger partial charge in [0.15, 0.2) is 14.6 Å². The van der Waals surface area contributed by atoms with Gasteiger partial charge in [0.1, 0.15) is 5.88 Å². The largest absolute Gasteiger partial charge is 0.375 e. The van der Waals surface area contributed by atoms with E-state index < -0.39 is 20.5 Å². The zero-order chi connectivity index (χ0) is 30.4. The van der Waals surface area contributed by atoms with E-state index in [1.807, 2.05) is 11.8 Å². The number of piperidine rings is 3. The molecule has 3 heterocycles. The van der Waals surface area contributed by atoms with Crippen molar-refractivity contribution in [2.24, 2.45) is 17.8 Å². The summed E-state index contributed by atoms with van der Waals surface area (Å²) in [6.07, 6.45) is 7.31. The lowest BCUT2D eigenvalue weighted by Gasteiger charge is -2.40. The number of likely N-dealkylation sites (tertiary alicyclic amines) is 3. The Bertz CT molecular complexity index is 1140. The molecule has 0 spiro atoms. The standard InChI is InChI=1S/C29H45ClN4O6S/c1-5-24(32-13-9-23(10-14-32)27(36)34-19-21(3)17-22(4)20-34)7-8-25(6-2)41(39,40)29(28(37)31-38)11-15-33(16-12-29)26(35)18-30/h6-8,21-23,38H,2,5,9-20H2,1,3-4H3,(H,31,37)/b24-7+,25-8+/t21-,22?/m0/s1. The van der Waals surface area contributed by atoms with Gasteiger partial charge >= 0.3 is 0 Å². The van der Waals surface area contributed by atoms with Gasteiger partial charge in [-0.15, -0.1) is 11.6 Å². The Kier molecular flexibility index (Phi) is 11.5. The van der Waals surface area contributed by atoms with Gasteiger partial charge in [-0.3, -0.25) is 19.6 Å². The Morgan fingerprint density at radius 1 is 1.00 bits per heavy atom. The highest BCUT2D eigenvalue weighted by Crippen LogP contribution is 2.36. The van der Waals surface area contributed by atoms with Crippen LogP contribution in [-0.4, -0.2) is 95.9 Å². The second-order valence-corrected chi connectivity index (χ2v) is 14.2. The molecule has 0 aliphatic carbocycles. The summed E-state index contributed by atoms with van der Waals surface area (Å²) in [4.78, 5) is 43.5. The summed E-state index contributed by atoms with van der Waals surface area (Å²) < 4.78 is 25.8. The van der Waals surface area contributed by atoms with Crippen LogP contribution in [0.2, 0.25) is 0 Å². The van der Waals surface area contributed by atoms with E-state index in [0.717, 1.165) is 38.0 Å². The number of carbonyl (C=O) groups excluding carboxylic acids is 3. The van der Waals surface area contributed by atoms with Crippen molar-refractivity contribution in [2.75, 3.05) is 45.1 Å². The Hall–Kier alpha value is -2.37. The number of rotatable bonds is 9. The fourth-order valence-corrected chi connectivity index (χ4v) is 8.65. The van der Waals surface area contributed by atoms with E-state index in [1.54, 1.807) is 6.08 Å². The highest BCUT2D eigenvalue weighted by atomic mass is 35.5. The monoisotopic (exact) mass is 612 g/mol. The topological polar surface area (TPSA) is 127 Å². The van der Waals surface area contributed by atoms with E-state index in [2.05, 4.69) is 25.3 Å². The van der Waals surface area contributed by atoms with Gasteiger partial charge in [-0.05, 0) is 62.5 Å². The first-order chi connectivity index (χ1) is 19.4. The molecule has 230 valence electrons. The van der Waals surface area contributed by atoms with Crippen molar-refractivity contribution >= 4 is 39.2 Å². The van der Waals surface area contributed by atoms with Crippen molar-refractivity contribution in [3.05, 3.63) is 35.4 Å². The van der Waals surface area contributed by atoms with Crippen LogP contribution in [0.5, 0.6) is 0 Å². The Morgan fingerprint density at radius 2 is 1.59 bits per heavy atom. The average Bonchev–Trinajstić information content (AvgIpc) is 2.97. The number of allylic oxidation sites excluding steroid dienone is 4. The first-order valence-corrected chi connectivity index (χ1v) is 16.6. The van der Waals surface area contributed by atoms with Gasteiger partial charge < -0.3 is 14.7 Å². The second kappa shape index (κ2) is 14.2. The molecule has 3 rings (SSSR count). The molecule has 0 radical (unpaired) electrons. The summed E-state index contributed by atoms with van der Waals surface area (Å²) in [6.45, 7) is 13.1. The van der Waals surface area contributed by atoms with Crippen molar-refractivity contribution in [1.29, 1.82) is 0 Å². The van der Waals surface area contributed by atoms with Crippen LogP contribution < -0.4 is 5.48 Å². The minimum absolute atomic E-state index is 0.00471. The molecule has 12 heteroatoms. The number of sulfone groups is 1. The SMILES string of the molecule is C=C/C(=C\C=C(/CC)N1CCC(C(=O)N2CC(C)C[C@H](C)C2)CC1)S(=O)(=O)C1(C(=O)NO)CCN(C(=O)CCl)CC1. The molecule has 2 atom stereocenters. The molecule has 3 amide bonds. The molecular weight excluding hydrogens is 568 g/mol. The maximum absolute atomic E-state index is 13.9. The normalized spacial score (nSPS) is 24.7. The fraction of sp³-hybridized carbons (Fsp3) is 0.690. The van der Waals surface area contributed by atoms with E-state index >= 15 is 0 Å². The zero-order valence-electron chi connectivity index (χ0n) is 24.5. The van der Waals surface area contributed by atoms with Crippen LogP contribution in [0.3, 0.4) is 0 Å². The smallest absolute Gasteiger partial charge is 0.265 e. The van der Waals surface area contributed by atoms with Gasteiger partial charge in [0.05, 0.1) is 4.91 Å². The zero-order valence-corrected chi connectivity index (χ0v) is 26.1. The number of halogens is 1. The van der Waals surface area contributed by atoms with E-state index in [4.69, 9.17) is 11.6 Å². The van der Waals surface area contributed by atoms with Gasteiger partial charge in [-0.1, -0.05) is 33.4 Å². The molecule has 3 aliphatic rings. The predicted molar refractivity (Wildman–Crippen MR) is 159 cm³/mol. The van der Waals surface area contributed by atoms with Crippen molar-refractivity contribution in [3.63, 3.8) is 0 Å². The number of hydroxylamine groups is 1. The molecule has 0 saturated carbocycles. The summed E-state index contributed by atoms with van der Waals surface area (Å²) in [5.41, 5.74) is 2.45. The van der Waals surface area contributed by atoms with Gasteiger partial charge in [0.25, 0.3) is 5.91 Å². The molecule has 0 aromatic rings. The Labute approximate surface area is 249 Å². The summed E-state index contributed by atoms with van der Waals surface area (Å²) in [7, 11) is -4.29. The molecular formula is C29H45ClN4O6S. The quantitative estimate of drug-likeness (QED) is 0.177. The molecule has 1 unspecified atom stereocenters. The van der Waals surface area contributed by atoms with E-state index in [0.29, 0.717) is 31.3 Å². The summed E-state index contributed by atoms with van der Waals surface area (Å²) >= 11 is 5.65. The highest BCUT2D eigenvalue weighted by Gasteiger charge is 2.53. The van der Waals surface area contributed by atoms with Gasteiger partial charge in [0, 0.05) is 50.9 Å². The van der Waals surface area contributed by atoms with Crippen molar-refractivity contribution in [2.45, 2.75) is 64.0 Å². The third-order valence-corrected chi connectivity index (χ3v) is 11.6. The second-order valence-electron chi connectivity index (χ2n) is 11.7. The number of amides is 3. The lowest BCUT2D eigenvalue weighted by atomic mass is 9.89. The third kappa shape index (κ3) is 7.17. The molecule has 3 fully saturated rings. The third-order valence-electron chi connectivity index (χ3n) is 8.81. The Morgan fingerprint density at radius 3 is 2.07 bits per heavy atom. The van der Waals surface area contributed by atoms with E-state index in [9.17, 15) is 28.0 Å². The molecule has 3 aliphatic heterocycles. The van der Waals surface area contributed by atoms with Crippen LogP contribution in [0.25, 0.3) is 0 Å². The van der Waals surface area contributed by atoms with E-state index in [1.165, 1.54) is 22.5 Å². The van der Waals surface area contributed by atoms with Crippen molar-refractivity contribution < 1.29 is 28.0 Å². The number of nitrogens with one attached hydrogen (secondary N) is 1. The number of nitrogens with zero attached hydrogens (tertiary/aromatic N) is 3. The minimum Gasteiger partial charge on any atom is -0.375 e. The fourth-order valence-electron chi connectivity index (χ4n) is 6.55. The average molecular weight is 613 g/mol. The van der Waals surface area contributed by atoms with Crippen LogP contribution in [-0.2, 0) is 24.2 Å². The maximum Gasteiger partial charge on any atom is 0.265 e. The number of hydrogen-bond donors (Lipinski definition) is 2. The lowest BCUT2D eigenvalue weighted by Crippen LogP contribution is -2.58. The predicted octanol–water partition coefficient (Wildman–Crippen LogP) is 3.09. The summed E-state index contributed by atoms with van der Waals surface area (Å²) in [5, 5.41) is 9.43. The first-order valence-electron chi connectivity index (χ1n) is 14.5. The Balaban J connectivity index is 1.75. The van der Waals surface area contributed by atoms with Crippen LogP contribution in [0.4, 0.5) is 0 Å². The molecule has 0 aromatic carbocycles. The van der Waals surface area contributed by atoms with Crippen LogP contribution in [0, 0.1) is 17.8 Å². The van der Waals surface area contributed by atoms with Gasteiger partial charge in [-0.25, -0.2) is 13.9 Å². The van der Waals surface area contributed by atoms with Crippen LogP contribution >= 0.6 is 11.6 Å². The molecule has 41 heavy (non-hydrogen) atoms. The molecule has 3 saturated heterocycles. The molecule has 2 N–H and O–H groups in total. The molecule has 10 nitrogen and oxygen atoms in total. The summed E-state index contributed by atoms with van der Waals surface area (Å²) in [6, 6.07) is 0. The van der Waals surface area contributed by atoms with Crippen molar-refractivity contribution in [3.8, 4) is 0 Å². The van der Waals surface area contributed by atoms with Crippen LogP contribution in [0.1, 0.15) is 59.3 Å². The number of alkyl halides is 1. The lowest BCUT2D eigenvalue weighted by molar-refractivity contribution is -0.139. The van der Waals surface area contributed by atoms with Gasteiger partial charge in [-0.2, -0.15) is 0 Å². The van der Waals surface area contributed by atoms with Crippen LogP contribution in [0.15, 0.2) is 35.4 Å². The number of carbonyl (C=O) groups is 3. The van der Waals surface area contributed by atoms with Gasteiger partial charge in [0.2, 0.25) is 11.8 Å². The first kappa shape index (κ1) is 33.1. The highest BCUT2D eigenvalue weighted by molar-refractivity contribution is 7.97. The number of hydrogen-bond acceptors (Lipinski definition) is 7. The molecule has 0 bridgehead atoms. The minimum atomic E-state index is -4.29. The maximum atomic E-state index is 13.9.